The van der Waals surface area contributed by atoms with Crippen LogP contribution in [0.3, 0.4) is 0 Å². The number of benzene rings is 2. The fraction of sp³-hybridized carbons (Fsp3) is 0.0769. The molecule has 0 aliphatic rings. The lowest BCUT2D eigenvalue weighted by Gasteiger charge is -2.08. The highest BCUT2D eigenvalue weighted by Crippen LogP contribution is 2.24. The van der Waals surface area contributed by atoms with Crippen molar-refractivity contribution in [3.8, 4) is 0 Å². The molecule has 0 radical (unpaired) electrons. The van der Waals surface area contributed by atoms with Gasteiger partial charge in [0.2, 0.25) is 0 Å². The fourth-order valence-electron chi connectivity index (χ4n) is 1.42. The molecule has 0 unspecified atom stereocenters. The van der Waals surface area contributed by atoms with Gasteiger partial charge in [-0.3, -0.25) is 0 Å². The summed E-state index contributed by atoms with van der Waals surface area (Å²) in [7, 11) is 0. The first-order valence-electron chi connectivity index (χ1n) is 5.04. The van der Waals surface area contributed by atoms with E-state index in [4.69, 9.17) is 11.6 Å². The van der Waals surface area contributed by atoms with Crippen molar-refractivity contribution in [1.82, 2.24) is 0 Å². The van der Waals surface area contributed by atoms with Crippen LogP contribution in [0.15, 0.2) is 36.4 Å². The van der Waals surface area contributed by atoms with Crippen molar-refractivity contribution >= 4 is 23.0 Å². The van der Waals surface area contributed by atoms with Crippen LogP contribution >= 0.6 is 11.6 Å². The minimum Gasteiger partial charge on any atom is -0.353 e. The number of anilines is 2. The monoisotopic (exact) mass is 253 g/mol. The van der Waals surface area contributed by atoms with Crippen LogP contribution in [-0.2, 0) is 0 Å². The molecule has 0 aliphatic heterocycles. The van der Waals surface area contributed by atoms with Crippen molar-refractivity contribution in [2.24, 2.45) is 0 Å². The van der Waals surface area contributed by atoms with E-state index in [-0.39, 0.29) is 5.69 Å². The van der Waals surface area contributed by atoms with E-state index in [1.165, 1.54) is 12.1 Å². The Kier molecular flexibility index (Phi) is 3.29. The summed E-state index contributed by atoms with van der Waals surface area (Å²) in [4.78, 5) is 0. The molecular weight excluding hydrogens is 244 g/mol. The molecule has 17 heavy (non-hydrogen) atoms. The zero-order valence-corrected chi connectivity index (χ0v) is 9.85. The van der Waals surface area contributed by atoms with Gasteiger partial charge in [0.05, 0.1) is 5.69 Å². The third-order valence-corrected chi connectivity index (χ3v) is 2.79. The van der Waals surface area contributed by atoms with E-state index in [0.29, 0.717) is 10.7 Å². The highest BCUT2D eigenvalue weighted by molar-refractivity contribution is 6.31. The van der Waals surface area contributed by atoms with Gasteiger partial charge in [0, 0.05) is 16.8 Å². The Morgan fingerprint density at radius 2 is 1.82 bits per heavy atom. The molecule has 0 atom stereocenters. The molecule has 88 valence electrons. The van der Waals surface area contributed by atoms with Gasteiger partial charge in [0.15, 0.2) is 0 Å². The molecule has 0 fully saturated rings. The van der Waals surface area contributed by atoms with Crippen LogP contribution in [-0.4, -0.2) is 0 Å². The molecule has 0 saturated heterocycles. The predicted octanol–water partition coefficient (Wildman–Crippen LogP) is 4.67. The van der Waals surface area contributed by atoms with Crippen LogP contribution < -0.4 is 5.32 Å². The zero-order valence-electron chi connectivity index (χ0n) is 9.10. The van der Waals surface area contributed by atoms with Crippen molar-refractivity contribution in [2.75, 3.05) is 5.32 Å². The molecule has 1 nitrogen and oxygen atoms in total. The van der Waals surface area contributed by atoms with E-state index in [2.05, 4.69) is 5.32 Å². The second-order valence-electron chi connectivity index (χ2n) is 3.71. The highest BCUT2D eigenvalue weighted by atomic mass is 35.5. The summed E-state index contributed by atoms with van der Waals surface area (Å²) in [6, 6.07) is 8.67. The van der Waals surface area contributed by atoms with Crippen molar-refractivity contribution in [3.63, 3.8) is 0 Å². The summed E-state index contributed by atoms with van der Waals surface area (Å²) < 4.78 is 26.1. The fourth-order valence-corrected chi connectivity index (χ4v) is 1.60. The van der Waals surface area contributed by atoms with Gasteiger partial charge in [-0.15, -0.1) is 0 Å². The summed E-state index contributed by atoms with van der Waals surface area (Å²) in [5.74, 6) is -1.24. The minimum absolute atomic E-state index is 0.214. The smallest absolute Gasteiger partial charge is 0.149 e. The molecule has 0 saturated carbocycles. The molecule has 2 aromatic rings. The molecule has 0 amide bonds. The second-order valence-corrected chi connectivity index (χ2v) is 4.12. The van der Waals surface area contributed by atoms with Crippen molar-refractivity contribution < 1.29 is 8.78 Å². The van der Waals surface area contributed by atoms with Gasteiger partial charge in [-0.25, -0.2) is 8.78 Å². The van der Waals surface area contributed by atoms with E-state index in [9.17, 15) is 8.78 Å². The topological polar surface area (TPSA) is 12.0 Å². The van der Waals surface area contributed by atoms with Crippen LogP contribution in [0.1, 0.15) is 5.56 Å². The minimum atomic E-state index is -0.637. The Hall–Kier alpha value is -1.61. The number of nitrogens with one attached hydrogen (secondary N) is 1. The number of aryl methyl sites for hydroxylation is 1. The maximum absolute atomic E-state index is 13.4. The first-order chi connectivity index (χ1) is 8.06. The van der Waals surface area contributed by atoms with Gasteiger partial charge < -0.3 is 5.32 Å². The lowest BCUT2D eigenvalue weighted by Crippen LogP contribution is -1.94. The molecule has 0 heterocycles. The Morgan fingerprint density at radius 1 is 1.06 bits per heavy atom. The van der Waals surface area contributed by atoms with E-state index >= 15 is 0 Å². The molecule has 0 aromatic heterocycles. The summed E-state index contributed by atoms with van der Waals surface area (Å²) in [6.07, 6.45) is 0. The first kappa shape index (κ1) is 11.9. The third-order valence-electron chi connectivity index (χ3n) is 2.38. The van der Waals surface area contributed by atoms with Gasteiger partial charge in [0.25, 0.3) is 0 Å². The molecule has 0 spiro atoms. The van der Waals surface area contributed by atoms with Crippen molar-refractivity contribution in [3.05, 3.63) is 58.6 Å². The molecular formula is C13H10ClF2N. The SMILES string of the molecule is Cc1ccc(Nc2ccc(F)cc2F)cc1Cl. The second kappa shape index (κ2) is 4.72. The Balaban J connectivity index is 2.28. The quantitative estimate of drug-likeness (QED) is 0.820. The number of rotatable bonds is 2. The van der Waals surface area contributed by atoms with Crippen LogP contribution in [0, 0.1) is 18.6 Å². The maximum atomic E-state index is 13.4. The summed E-state index contributed by atoms with van der Waals surface area (Å²) in [5, 5.41) is 3.44. The molecule has 4 heteroatoms. The predicted molar refractivity (Wildman–Crippen MR) is 65.8 cm³/mol. The van der Waals surface area contributed by atoms with Crippen LogP contribution in [0.5, 0.6) is 0 Å². The van der Waals surface area contributed by atoms with Gasteiger partial charge in [-0.05, 0) is 36.8 Å². The van der Waals surface area contributed by atoms with Gasteiger partial charge in [-0.2, -0.15) is 0 Å². The number of halogens is 3. The summed E-state index contributed by atoms with van der Waals surface area (Å²) >= 11 is 5.95. The van der Waals surface area contributed by atoms with Crippen LogP contribution in [0.2, 0.25) is 5.02 Å². The molecule has 0 bridgehead atoms. The Labute approximate surface area is 103 Å². The van der Waals surface area contributed by atoms with Crippen LogP contribution in [0.4, 0.5) is 20.2 Å². The van der Waals surface area contributed by atoms with Crippen molar-refractivity contribution in [1.29, 1.82) is 0 Å². The van der Waals surface area contributed by atoms with Crippen LogP contribution in [0.25, 0.3) is 0 Å². The van der Waals surface area contributed by atoms with Gasteiger partial charge >= 0.3 is 0 Å². The molecule has 0 aliphatic carbocycles. The Bertz CT molecular complexity index is 555. The third kappa shape index (κ3) is 2.74. The van der Waals surface area contributed by atoms with E-state index in [1.807, 2.05) is 13.0 Å². The largest absolute Gasteiger partial charge is 0.353 e. The lowest BCUT2D eigenvalue weighted by molar-refractivity contribution is 0.586. The average Bonchev–Trinajstić information content (AvgIpc) is 2.27. The van der Waals surface area contributed by atoms with E-state index in [0.717, 1.165) is 11.6 Å². The lowest BCUT2D eigenvalue weighted by atomic mass is 10.2. The standard InChI is InChI=1S/C13H10ClF2N/c1-8-2-4-10(7-11(8)14)17-13-5-3-9(15)6-12(13)16/h2-7,17H,1H3. The molecule has 2 aromatic carbocycles. The Morgan fingerprint density at radius 3 is 2.47 bits per heavy atom. The average molecular weight is 254 g/mol. The molecule has 1 N–H and O–H groups in total. The maximum Gasteiger partial charge on any atom is 0.149 e. The summed E-state index contributed by atoms with van der Waals surface area (Å²) in [6.45, 7) is 1.88. The van der Waals surface area contributed by atoms with E-state index in [1.54, 1.807) is 12.1 Å². The summed E-state index contributed by atoms with van der Waals surface area (Å²) in [5.41, 5.74) is 1.81. The van der Waals surface area contributed by atoms with Crippen molar-refractivity contribution in [2.45, 2.75) is 6.92 Å². The van der Waals surface area contributed by atoms with Gasteiger partial charge in [-0.1, -0.05) is 17.7 Å². The first-order valence-corrected chi connectivity index (χ1v) is 5.42. The normalized spacial score (nSPS) is 10.4. The highest BCUT2D eigenvalue weighted by Gasteiger charge is 2.04. The number of hydrogen-bond donors (Lipinski definition) is 1. The molecule has 2 rings (SSSR count). The van der Waals surface area contributed by atoms with Gasteiger partial charge in [0.1, 0.15) is 11.6 Å². The zero-order chi connectivity index (χ0) is 12.4. The van der Waals surface area contributed by atoms with E-state index < -0.39 is 11.6 Å². The number of hydrogen-bond acceptors (Lipinski definition) is 1.